The van der Waals surface area contributed by atoms with Crippen LogP contribution in [0, 0.1) is 17.6 Å². The van der Waals surface area contributed by atoms with Gasteiger partial charge in [0.2, 0.25) is 0 Å². The molecule has 1 heterocycles. The molecule has 0 unspecified atom stereocenters. The van der Waals surface area contributed by atoms with Crippen molar-refractivity contribution in [2.24, 2.45) is 0 Å². The Morgan fingerprint density at radius 2 is 1.71 bits per heavy atom. The van der Waals surface area contributed by atoms with E-state index in [1.54, 1.807) is 13.8 Å². The van der Waals surface area contributed by atoms with Crippen molar-refractivity contribution < 1.29 is 13.2 Å². The zero-order valence-electron chi connectivity index (χ0n) is 8.02. The molecule has 1 rings (SSSR count). The van der Waals surface area contributed by atoms with E-state index in [0.717, 1.165) is 0 Å². The lowest BCUT2D eigenvalue weighted by Gasteiger charge is -2.19. The summed E-state index contributed by atoms with van der Waals surface area (Å²) in [5, 5.41) is 0. The van der Waals surface area contributed by atoms with E-state index in [-0.39, 0.29) is 5.82 Å². The van der Waals surface area contributed by atoms with Crippen molar-refractivity contribution in [3.63, 3.8) is 0 Å². The van der Waals surface area contributed by atoms with Gasteiger partial charge in [-0.05, 0) is 13.8 Å². The fourth-order valence-corrected chi connectivity index (χ4v) is 1.18. The van der Waals surface area contributed by atoms with Crippen LogP contribution in [0.5, 0.6) is 0 Å². The highest BCUT2D eigenvalue weighted by Gasteiger charge is 2.15. The van der Waals surface area contributed by atoms with E-state index in [2.05, 4.69) is 4.98 Å². The highest BCUT2D eigenvalue weighted by atomic mass is 19.2. The quantitative estimate of drug-likeness (QED) is 0.702. The van der Waals surface area contributed by atoms with Gasteiger partial charge in [0.05, 0.1) is 0 Å². The maximum Gasteiger partial charge on any atom is 0.251 e. The van der Waals surface area contributed by atoms with Crippen molar-refractivity contribution in [3.8, 4) is 0 Å². The van der Waals surface area contributed by atoms with E-state index in [1.165, 1.54) is 4.90 Å². The predicted molar refractivity (Wildman–Crippen MR) is 47.7 cm³/mol. The third-order valence-corrected chi connectivity index (χ3v) is 1.93. The van der Waals surface area contributed by atoms with E-state index < -0.39 is 17.6 Å². The van der Waals surface area contributed by atoms with Crippen molar-refractivity contribution in [1.29, 1.82) is 0 Å². The van der Waals surface area contributed by atoms with Crippen LogP contribution >= 0.6 is 0 Å². The van der Waals surface area contributed by atoms with E-state index in [9.17, 15) is 13.2 Å². The molecular weight excluding hydrogens is 193 g/mol. The zero-order valence-corrected chi connectivity index (χ0v) is 8.02. The summed E-state index contributed by atoms with van der Waals surface area (Å²) in [4.78, 5) is 4.74. The third-order valence-electron chi connectivity index (χ3n) is 1.93. The molecule has 0 aliphatic carbocycles. The van der Waals surface area contributed by atoms with Gasteiger partial charge in [0.1, 0.15) is 0 Å². The molecule has 1 aromatic rings. The first-order valence-corrected chi connectivity index (χ1v) is 4.36. The van der Waals surface area contributed by atoms with Gasteiger partial charge in [-0.15, -0.1) is 0 Å². The molecule has 0 radical (unpaired) electrons. The minimum atomic E-state index is -1.27. The minimum absolute atomic E-state index is 0.145. The summed E-state index contributed by atoms with van der Waals surface area (Å²) < 4.78 is 38.4. The van der Waals surface area contributed by atoms with Gasteiger partial charge in [0.25, 0.3) is 5.95 Å². The molecule has 0 amide bonds. The van der Waals surface area contributed by atoms with Gasteiger partial charge in [0.15, 0.2) is 17.5 Å². The number of halogens is 3. The average Bonchev–Trinajstić information content (AvgIpc) is 2.15. The van der Waals surface area contributed by atoms with Crippen LogP contribution in [-0.2, 0) is 0 Å². The van der Waals surface area contributed by atoms with E-state index >= 15 is 0 Å². The Morgan fingerprint density at radius 1 is 1.14 bits per heavy atom. The van der Waals surface area contributed by atoms with Crippen LogP contribution in [0.3, 0.4) is 0 Å². The van der Waals surface area contributed by atoms with E-state index in [0.29, 0.717) is 19.2 Å². The van der Waals surface area contributed by atoms with Gasteiger partial charge in [-0.25, -0.2) is 8.78 Å². The van der Waals surface area contributed by atoms with Crippen molar-refractivity contribution >= 4 is 5.82 Å². The predicted octanol–water partition coefficient (Wildman–Crippen LogP) is 2.35. The normalized spacial score (nSPS) is 10.4. The molecule has 0 saturated carbocycles. The lowest BCUT2D eigenvalue weighted by Crippen LogP contribution is -2.24. The molecule has 78 valence electrons. The summed E-state index contributed by atoms with van der Waals surface area (Å²) >= 11 is 0. The molecule has 2 nitrogen and oxygen atoms in total. The molecule has 0 aromatic carbocycles. The molecule has 0 N–H and O–H groups in total. The fraction of sp³-hybridized carbons (Fsp3) is 0.444. The van der Waals surface area contributed by atoms with Crippen molar-refractivity contribution in [2.45, 2.75) is 13.8 Å². The van der Waals surface area contributed by atoms with Gasteiger partial charge in [-0.2, -0.15) is 9.37 Å². The molecule has 1 aromatic heterocycles. The van der Waals surface area contributed by atoms with Gasteiger partial charge >= 0.3 is 0 Å². The maximum atomic E-state index is 13.1. The van der Waals surface area contributed by atoms with Crippen molar-refractivity contribution in [2.75, 3.05) is 18.0 Å². The molecule has 14 heavy (non-hydrogen) atoms. The maximum absolute atomic E-state index is 13.1. The summed E-state index contributed by atoms with van der Waals surface area (Å²) in [7, 11) is 0. The largest absolute Gasteiger partial charge is 0.355 e. The Labute approximate surface area is 80.4 Å². The molecule has 0 aliphatic heterocycles. The van der Waals surface area contributed by atoms with E-state index in [1.807, 2.05) is 0 Å². The SMILES string of the molecule is CCN(CC)c1nc(F)c(F)cc1F. The molecule has 5 heteroatoms. The number of pyridine rings is 1. The molecule has 0 bridgehead atoms. The van der Waals surface area contributed by atoms with Gasteiger partial charge in [-0.1, -0.05) is 0 Å². The van der Waals surface area contributed by atoms with Gasteiger partial charge < -0.3 is 4.90 Å². The van der Waals surface area contributed by atoms with Crippen molar-refractivity contribution in [3.05, 3.63) is 23.6 Å². The molecule has 0 aliphatic rings. The summed E-state index contributed by atoms with van der Waals surface area (Å²) in [5.41, 5.74) is 0. The van der Waals surface area contributed by atoms with Crippen LogP contribution < -0.4 is 4.90 Å². The molecule has 0 fully saturated rings. The minimum Gasteiger partial charge on any atom is -0.355 e. The number of rotatable bonds is 3. The summed E-state index contributed by atoms with van der Waals surface area (Å²) in [6.07, 6.45) is 0. The Balaban J connectivity index is 3.14. The topological polar surface area (TPSA) is 16.1 Å². The third kappa shape index (κ3) is 1.97. The smallest absolute Gasteiger partial charge is 0.251 e. The molecule has 0 saturated heterocycles. The number of nitrogens with zero attached hydrogens (tertiary/aromatic N) is 2. The van der Waals surface area contributed by atoms with Crippen LogP contribution in [0.1, 0.15) is 13.8 Å². The van der Waals surface area contributed by atoms with Gasteiger partial charge in [-0.3, -0.25) is 0 Å². The van der Waals surface area contributed by atoms with Crippen LogP contribution in [0.4, 0.5) is 19.0 Å². The standard InChI is InChI=1S/C9H11F3N2/c1-3-14(4-2)9-7(11)5-6(10)8(12)13-9/h5H,3-4H2,1-2H3. The van der Waals surface area contributed by atoms with Crippen LogP contribution in [0.25, 0.3) is 0 Å². The molecule has 0 atom stereocenters. The summed E-state index contributed by atoms with van der Waals surface area (Å²) in [6, 6.07) is 0.510. The lowest BCUT2D eigenvalue weighted by atomic mass is 10.4. The first kappa shape index (κ1) is 10.8. The first-order valence-electron chi connectivity index (χ1n) is 4.36. The second kappa shape index (κ2) is 4.30. The number of hydrogen-bond acceptors (Lipinski definition) is 2. The summed E-state index contributed by atoms with van der Waals surface area (Å²) in [5.74, 6) is -3.52. The first-order chi connectivity index (χ1) is 6.60. The Kier molecular flexibility index (Phi) is 3.33. The molecular formula is C9H11F3N2. The Hall–Kier alpha value is -1.26. The number of hydrogen-bond donors (Lipinski definition) is 0. The summed E-state index contributed by atoms with van der Waals surface area (Å²) in [6.45, 7) is 4.55. The van der Waals surface area contributed by atoms with Gasteiger partial charge in [0, 0.05) is 19.2 Å². The highest BCUT2D eigenvalue weighted by molar-refractivity contribution is 5.39. The molecule has 0 spiro atoms. The Morgan fingerprint density at radius 3 is 2.21 bits per heavy atom. The highest BCUT2D eigenvalue weighted by Crippen LogP contribution is 2.18. The fourth-order valence-electron chi connectivity index (χ4n) is 1.18. The van der Waals surface area contributed by atoms with E-state index in [4.69, 9.17) is 0 Å². The lowest BCUT2D eigenvalue weighted by molar-refractivity contribution is 0.463. The second-order valence-electron chi connectivity index (χ2n) is 2.74. The van der Waals surface area contributed by atoms with Crippen LogP contribution in [-0.4, -0.2) is 18.1 Å². The number of aromatic nitrogens is 1. The second-order valence-corrected chi connectivity index (χ2v) is 2.74. The van der Waals surface area contributed by atoms with Crippen LogP contribution in [0.2, 0.25) is 0 Å². The number of anilines is 1. The van der Waals surface area contributed by atoms with Crippen LogP contribution in [0.15, 0.2) is 6.07 Å². The Bertz CT molecular complexity index is 324. The average molecular weight is 204 g/mol. The van der Waals surface area contributed by atoms with Crippen molar-refractivity contribution in [1.82, 2.24) is 4.98 Å². The zero-order chi connectivity index (χ0) is 10.7. The monoisotopic (exact) mass is 204 g/mol.